The first kappa shape index (κ1) is 33.9. The summed E-state index contributed by atoms with van der Waals surface area (Å²) in [5, 5.41) is 0. The van der Waals surface area contributed by atoms with Crippen molar-refractivity contribution in [1.82, 2.24) is 0 Å². The van der Waals surface area contributed by atoms with Gasteiger partial charge in [-0.1, -0.05) is 128 Å². The van der Waals surface area contributed by atoms with Crippen molar-refractivity contribution in [2.24, 2.45) is 0 Å². The molecule has 5 aromatic rings. The molecule has 0 saturated heterocycles. The number of hydrogen-bond donors (Lipinski definition) is 1. The van der Waals surface area contributed by atoms with Crippen LogP contribution in [-0.4, -0.2) is 0 Å². The van der Waals surface area contributed by atoms with Crippen molar-refractivity contribution in [2.45, 2.75) is 55.4 Å². The lowest BCUT2D eigenvalue weighted by molar-refractivity contribution is -0.681. The number of benzene rings is 5. The number of quaternary nitrogens is 1. The van der Waals surface area contributed by atoms with Gasteiger partial charge in [0, 0.05) is 29.2 Å². The lowest BCUT2D eigenvalue weighted by Crippen LogP contribution is -2.96. The Morgan fingerprint density at radius 1 is 0.300 bits per heavy atom. The molecule has 0 spiro atoms. The van der Waals surface area contributed by atoms with E-state index in [9.17, 15) is 0 Å². The minimum Gasteiger partial charge on any atom is -0.310 e. The largest absolute Gasteiger partial charge is 0.310 e. The van der Waals surface area contributed by atoms with Crippen molar-refractivity contribution >= 4 is 34.1 Å². The van der Waals surface area contributed by atoms with E-state index in [0.29, 0.717) is 0 Å². The van der Waals surface area contributed by atoms with Gasteiger partial charge in [0.05, 0.1) is 0 Å². The molecule has 0 unspecified atom stereocenters. The van der Waals surface area contributed by atoms with Gasteiger partial charge in [-0.3, -0.25) is 0 Å². The fourth-order valence-electron chi connectivity index (χ4n) is 4.09. The van der Waals surface area contributed by atoms with E-state index in [0.717, 1.165) is 17.1 Å². The predicted molar refractivity (Wildman–Crippen MR) is 179 cm³/mol. The maximum atomic E-state index is 2.29. The van der Waals surface area contributed by atoms with Crippen molar-refractivity contribution in [3.05, 3.63) is 146 Å². The third kappa shape index (κ3) is 9.55. The average molecular weight is 534 g/mol. The molecule has 0 aliphatic heterocycles. The van der Waals surface area contributed by atoms with E-state index < -0.39 is 0 Å². The monoisotopic (exact) mass is 533 g/mol. The summed E-state index contributed by atoms with van der Waals surface area (Å²) in [4.78, 5) is 3.53. The fraction of sp³-hybridized carbons (Fsp3) is 0.211. The van der Waals surface area contributed by atoms with Crippen LogP contribution in [0.2, 0.25) is 0 Å². The molecule has 5 rings (SSSR count). The molecule has 0 saturated carbocycles. The summed E-state index contributed by atoms with van der Waals surface area (Å²) in [5.41, 5.74) is 7.05. The molecule has 0 aliphatic carbocycles. The number of para-hydroxylation sites is 4. The highest BCUT2D eigenvalue weighted by Gasteiger charge is 2.19. The lowest BCUT2D eigenvalue weighted by atomic mass is 10.1. The molecule has 0 amide bonds. The second-order valence-electron chi connectivity index (χ2n) is 7.66. The Morgan fingerprint density at radius 2 is 0.550 bits per heavy atom. The average Bonchev–Trinajstić information content (AvgIpc) is 3.08. The van der Waals surface area contributed by atoms with Crippen LogP contribution in [0, 0.1) is 0 Å². The van der Waals surface area contributed by atoms with Crippen LogP contribution in [0.25, 0.3) is 0 Å². The van der Waals surface area contributed by atoms with Crippen molar-refractivity contribution in [1.29, 1.82) is 0 Å². The Balaban J connectivity index is 0.000000921. The minimum atomic E-state index is 1.13. The van der Waals surface area contributed by atoms with Gasteiger partial charge in [0.2, 0.25) is 0 Å². The van der Waals surface area contributed by atoms with Crippen LogP contribution in [0.15, 0.2) is 146 Å². The Labute approximate surface area is 244 Å². The van der Waals surface area contributed by atoms with Crippen molar-refractivity contribution < 1.29 is 4.90 Å². The van der Waals surface area contributed by atoms with Gasteiger partial charge in [-0.2, -0.15) is 0 Å². The maximum Gasteiger partial charge on any atom is 0.141 e. The van der Waals surface area contributed by atoms with Crippen LogP contribution in [0.1, 0.15) is 55.4 Å². The fourth-order valence-corrected chi connectivity index (χ4v) is 4.09. The van der Waals surface area contributed by atoms with E-state index in [2.05, 4.69) is 150 Å². The molecule has 0 aliphatic rings. The molecular weight excluding hydrogens is 484 g/mol. The van der Waals surface area contributed by atoms with E-state index in [1.54, 1.807) is 0 Å². The third-order valence-corrected chi connectivity index (χ3v) is 5.57. The van der Waals surface area contributed by atoms with Gasteiger partial charge < -0.3 is 4.90 Å². The second kappa shape index (κ2) is 20.8. The van der Waals surface area contributed by atoms with Gasteiger partial charge in [0.15, 0.2) is 0 Å². The standard InChI is InChI=1S/C30H24N2.4C2H6/c1-5-13-25(14-6-1)31(26-15-7-2-8-16-26)29-21-23-30(24-22-29)32(27-17-9-3-10-18-27)28-19-11-4-12-20-28;4*1-2/h1-24H;4*1-2H3/p+1. The van der Waals surface area contributed by atoms with Crippen LogP contribution < -0.4 is 9.80 Å². The first-order chi connectivity index (χ1) is 19.9. The van der Waals surface area contributed by atoms with E-state index in [-0.39, 0.29) is 0 Å². The molecule has 0 bridgehead atoms. The molecule has 0 fully saturated rings. The molecule has 5 aromatic carbocycles. The van der Waals surface area contributed by atoms with Crippen LogP contribution >= 0.6 is 0 Å². The van der Waals surface area contributed by atoms with Crippen molar-refractivity contribution in [3.63, 3.8) is 0 Å². The Bertz CT molecular complexity index is 1060. The summed E-state index contributed by atoms with van der Waals surface area (Å²) >= 11 is 0. The van der Waals surface area contributed by atoms with Crippen LogP contribution in [-0.2, 0) is 0 Å². The van der Waals surface area contributed by atoms with E-state index in [1.165, 1.54) is 22.0 Å². The summed E-state index contributed by atoms with van der Waals surface area (Å²) in [5.74, 6) is 0. The third-order valence-electron chi connectivity index (χ3n) is 5.57. The molecule has 0 radical (unpaired) electrons. The first-order valence-electron chi connectivity index (χ1n) is 14.9. The van der Waals surface area contributed by atoms with E-state index in [1.807, 2.05) is 55.4 Å². The van der Waals surface area contributed by atoms with Crippen LogP contribution in [0.4, 0.5) is 34.1 Å². The van der Waals surface area contributed by atoms with E-state index >= 15 is 0 Å². The predicted octanol–water partition coefficient (Wildman–Crippen LogP) is 11.4. The number of anilines is 3. The zero-order valence-electron chi connectivity index (χ0n) is 25.8. The normalized spacial score (nSPS) is 9.22. The summed E-state index contributed by atoms with van der Waals surface area (Å²) in [6.45, 7) is 16.0. The SMILES string of the molecule is CC.CC.CC.CC.c1ccc(N(c2ccccc2)c2ccc([NH+](c3ccccc3)c3ccccc3)cc2)cc1. The zero-order valence-corrected chi connectivity index (χ0v) is 25.8. The van der Waals surface area contributed by atoms with Gasteiger partial charge in [-0.15, -0.1) is 0 Å². The molecule has 0 atom stereocenters. The van der Waals surface area contributed by atoms with Gasteiger partial charge >= 0.3 is 0 Å². The highest BCUT2D eigenvalue weighted by Crippen LogP contribution is 2.34. The summed E-state index contributed by atoms with van der Waals surface area (Å²) < 4.78 is 0. The van der Waals surface area contributed by atoms with Gasteiger partial charge in [-0.05, 0) is 60.7 Å². The number of hydrogen-bond acceptors (Lipinski definition) is 1. The second-order valence-corrected chi connectivity index (χ2v) is 7.66. The highest BCUT2D eigenvalue weighted by molar-refractivity contribution is 5.76. The number of nitrogens with one attached hydrogen (secondary N) is 1. The molecule has 1 N–H and O–H groups in total. The van der Waals surface area contributed by atoms with Crippen LogP contribution in [0.5, 0.6) is 0 Å². The topological polar surface area (TPSA) is 7.68 Å². The lowest BCUT2D eigenvalue weighted by Gasteiger charge is -2.26. The molecule has 0 heterocycles. The Morgan fingerprint density at radius 3 is 0.875 bits per heavy atom. The summed E-state index contributed by atoms with van der Waals surface area (Å²) in [6, 6.07) is 51.1. The number of nitrogens with zero attached hydrogens (tertiary/aromatic N) is 1. The van der Waals surface area contributed by atoms with Gasteiger partial charge in [0.25, 0.3) is 0 Å². The Kier molecular flexibility index (Phi) is 17.6. The molecule has 210 valence electrons. The first-order valence-corrected chi connectivity index (χ1v) is 14.9. The quantitative estimate of drug-likeness (QED) is 0.228. The van der Waals surface area contributed by atoms with Gasteiger partial charge in [0.1, 0.15) is 17.1 Å². The highest BCUT2D eigenvalue weighted by atomic mass is 15.2. The zero-order chi connectivity index (χ0) is 29.6. The molecular formula is C38H49N2+. The van der Waals surface area contributed by atoms with Crippen LogP contribution in [0.3, 0.4) is 0 Å². The smallest absolute Gasteiger partial charge is 0.141 e. The summed E-state index contributed by atoms with van der Waals surface area (Å²) in [6.07, 6.45) is 0. The van der Waals surface area contributed by atoms with E-state index in [4.69, 9.17) is 0 Å². The number of rotatable bonds is 6. The van der Waals surface area contributed by atoms with Crippen molar-refractivity contribution in [2.75, 3.05) is 4.90 Å². The minimum absolute atomic E-state index is 1.13. The Hall–Kier alpha value is -4.14. The maximum absolute atomic E-state index is 2.29. The molecule has 0 aromatic heterocycles. The van der Waals surface area contributed by atoms with Gasteiger partial charge in [-0.25, -0.2) is 4.90 Å². The molecule has 2 heteroatoms. The van der Waals surface area contributed by atoms with Crippen molar-refractivity contribution in [3.8, 4) is 0 Å². The molecule has 40 heavy (non-hydrogen) atoms. The molecule has 2 nitrogen and oxygen atoms in total. The summed E-state index contributed by atoms with van der Waals surface area (Å²) in [7, 11) is 0.